The molecule has 0 heterocycles. The van der Waals surface area contributed by atoms with Crippen LogP contribution in [0.15, 0.2) is 29.2 Å². The van der Waals surface area contributed by atoms with Crippen LogP contribution >= 0.6 is 0 Å². The Kier molecular flexibility index (Phi) is 13.1. The summed E-state index contributed by atoms with van der Waals surface area (Å²) < 4.78 is 38.2. The fourth-order valence-electron chi connectivity index (χ4n) is 2.89. The molecule has 0 spiro atoms. The number of ether oxygens (including phenoxy) is 2. The highest BCUT2D eigenvalue weighted by Gasteiger charge is 2.29. The zero-order chi connectivity index (χ0) is 23.1. The number of carbonyl (C=O) groups excluding carboxylic acids is 2. The monoisotopic (exact) mass is 455 g/mol. The summed E-state index contributed by atoms with van der Waals surface area (Å²) in [5, 5.41) is 0. The number of benzene rings is 1. The number of hydrogen-bond acceptors (Lipinski definition) is 6. The minimum atomic E-state index is -4.00. The molecule has 8 heteroatoms. The fourth-order valence-corrected chi connectivity index (χ4v) is 4.07. The van der Waals surface area contributed by atoms with Gasteiger partial charge in [0.1, 0.15) is 6.04 Å². The van der Waals surface area contributed by atoms with Gasteiger partial charge in [-0.15, -0.1) is 0 Å². The van der Waals surface area contributed by atoms with Crippen LogP contribution in [0.5, 0.6) is 0 Å². The van der Waals surface area contributed by atoms with Gasteiger partial charge in [-0.2, -0.15) is 4.72 Å². The Balaban J connectivity index is 2.75. The Hall–Kier alpha value is -1.93. The molecular formula is C23H37NO6S. The summed E-state index contributed by atoms with van der Waals surface area (Å²) >= 11 is 0. The minimum Gasteiger partial charge on any atom is -0.466 e. The van der Waals surface area contributed by atoms with E-state index in [2.05, 4.69) is 18.6 Å². The van der Waals surface area contributed by atoms with Crippen LogP contribution in [0.25, 0.3) is 0 Å². The highest BCUT2D eigenvalue weighted by atomic mass is 32.2. The molecule has 1 rings (SSSR count). The molecule has 0 bridgehead atoms. The van der Waals surface area contributed by atoms with E-state index in [-0.39, 0.29) is 18.1 Å². The first-order valence-corrected chi connectivity index (χ1v) is 12.7. The van der Waals surface area contributed by atoms with Gasteiger partial charge in [0.2, 0.25) is 10.0 Å². The van der Waals surface area contributed by atoms with Gasteiger partial charge in [-0.05, 0) is 31.9 Å². The maximum atomic E-state index is 12.7. The SMILES string of the molecule is CCCCCCOC(=O)CC(NS(=O)(=O)c1ccc(C)cc1)C(=O)OCCCCCC. The van der Waals surface area contributed by atoms with Crippen molar-refractivity contribution in [3.05, 3.63) is 29.8 Å². The van der Waals surface area contributed by atoms with Gasteiger partial charge >= 0.3 is 11.9 Å². The van der Waals surface area contributed by atoms with Crippen molar-refractivity contribution < 1.29 is 27.5 Å². The zero-order valence-electron chi connectivity index (χ0n) is 19.0. The number of unbranched alkanes of at least 4 members (excludes halogenated alkanes) is 6. The van der Waals surface area contributed by atoms with E-state index in [1.165, 1.54) is 12.1 Å². The van der Waals surface area contributed by atoms with Crippen LogP contribution in [0, 0.1) is 6.92 Å². The second-order valence-electron chi connectivity index (χ2n) is 7.70. The van der Waals surface area contributed by atoms with Crippen molar-refractivity contribution in [2.24, 2.45) is 0 Å². The number of aryl methyl sites for hydroxylation is 1. The first kappa shape index (κ1) is 27.1. The molecule has 7 nitrogen and oxygen atoms in total. The molecule has 0 aromatic heterocycles. The van der Waals surface area contributed by atoms with Crippen LogP contribution in [-0.2, 0) is 29.1 Å². The van der Waals surface area contributed by atoms with Gasteiger partial charge in [0.25, 0.3) is 0 Å². The average molecular weight is 456 g/mol. The molecular weight excluding hydrogens is 418 g/mol. The van der Waals surface area contributed by atoms with Gasteiger partial charge in [0.05, 0.1) is 24.5 Å². The van der Waals surface area contributed by atoms with Gasteiger partial charge in [-0.1, -0.05) is 70.1 Å². The van der Waals surface area contributed by atoms with E-state index in [1.54, 1.807) is 12.1 Å². The Morgan fingerprint density at radius 1 is 0.871 bits per heavy atom. The number of esters is 2. The van der Waals surface area contributed by atoms with Crippen LogP contribution in [0.2, 0.25) is 0 Å². The lowest BCUT2D eigenvalue weighted by Gasteiger charge is -2.17. The molecule has 0 aliphatic heterocycles. The summed E-state index contributed by atoms with van der Waals surface area (Å²) in [6, 6.07) is 4.91. The summed E-state index contributed by atoms with van der Waals surface area (Å²) in [6.07, 6.45) is 7.10. The Bertz CT molecular complexity index is 761. The Morgan fingerprint density at radius 2 is 1.42 bits per heavy atom. The third-order valence-corrected chi connectivity index (χ3v) is 6.27. The lowest BCUT2D eigenvalue weighted by molar-refractivity contribution is -0.152. The first-order chi connectivity index (χ1) is 14.8. The quantitative estimate of drug-likeness (QED) is 0.295. The molecule has 1 unspecified atom stereocenters. The molecule has 1 atom stereocenters. The fraction of sp³-hybridized carbons (Fsp3) is 0.652. The third kappa shape index (κ3) is 11.3. The predicted molar refractivity (Wildman–Crippen MR) is 120 cm³/mol. The number of hydrogen-bond donors (Lipinski definition) is 1. The lowest BCUT2D eigenvalue weighted by atomic mass is 10.2. The summed E-state index contributed by atoms with van der Waals surface area (Å²) in [7, 11) is -4.00. The molecule has 0 saturated carbocycles. The van der Waals surface area contributed by atoms with E-state index < -0.39 is 34.4 Å². The van der Waals surface area contributed by atoms with Crippen LogP contribution in [0.1, 0.15) is 77.2 Å². The van der Waals surface area contributed by atoms with Crippen molar-refractivity contribution in [1.29, 1.82) is 0 Å². The third-order valence-electron chi connectivity index (χ3n) is 4.79. The molecule has 0 fully saturated rings. The van der Waals surface area contributed by atoms with Gasteiger partial charge < -0.3 is 9.47 Å². The number of rotatable bonds is 16. The number of carbonyl (C=O) groups is 2. The zero-order valence-corrected chi connectivity index (χ0v) is 19.8. The predicted octanol–water partition coefficient (Wildman–Crippen LogP) is 4.28. The number of sulfonamides is 1. The molecule has 31 heavy (non-hydrogen) atoms. The van der Waals surface area contributed by atoms with Crippen molar-refractivity contribution in [2.75, 3.05) is 13.2 Å². The summed E-state index contributed by atoms with van der Waals surface area (Å²) in [6.45, 7) is 6.45. The van der Waals surface area contributed by atoms with E-state index >= 15 is 0 Å². The average Bonchev–Trinajstić information content (AvgIpc) is 2.73. The molecule has 0 saturated heterocycles. The smallest absolute Gasteiger partial charge is 0.324 e. The topological polar surface area (TPSA) is 98.8 Å². The summed E-state index contributed by atoms with van der Waals surface area (Å²) in [5.74, 6) is -1.40. The van der Waals surface area contributed by atoms with Crippen molar-refractivity contribution in [3.63, 3.8) is 0 Å². The van der Waals surface area contributed by atoms with Gasteiger partial charge in [0.15, 0.2) is 0 Å². The second-order valence-corrected chi connectivity index (χ2v) is 9.41. The van der Waals surface area contributed by atoms with Crippen molar-refractivity contribution >= 4 is 22.0 Å². The molecule has 0 radical (unpaired) electrons. The van der Waals surface area contributed by atoms with E-state index in [4.69, 9.17) is 9.47 Å². The highest BCUT2D eigenvalue weighted by molar-refractivity contribution is 7.89. The molecule has 1 N–H and O–H groups in total. The molecule has 0 aliphatic rings. The van der Waals surface area contributed by atoms with Crippen molar-refractivity contribution in [1.82, 2.24) is 4.72 Å². The molecule has 0 aliphatic carbocycles. The van der Waals surface area contributed by atoms with E-state index in [0.717, 1.165) is 50.5 Å². The van der Waals surface area contributed by atoms with Gasteiger partial charge in [-0.3, -0.25) is 9.59 Å². The van der Waals surface area contributed by atoms with E-state index in [1.807, 2.05) is 6.92 Å². The number of nitrogens with one attached hydrogen (secondary N) is 1. The summed E-state index contributed by atoms with van der Waals surface area (Å²) in [5.41, 5.74) is 0.911. The maximum absolute atomic E-state index is 12.7. The maximum Gasteiger partial charge on any atom is 0.324 e. The Labute approximate surface area is 186 Å². The van der Waals surface area contributed by atoms with Crippen molar-refractivity contribution in [2.45, 2.75) is 89.5 Å². The van der Waals surface area contributed by atoms with Gasteiger partial charge in [0, 0.05) is 0 Å². The molecule has 1 aromatic carbocycles. The van der Waals surface area contributed by atoms with Crippen LogP contribution in [0.4, 0.5) is 0 Å². The molecule has 1 aromatic rings. The minimum absolute atomic E-state index is 0.0202. The normalized spacial score (nSPS) is 12.4. The second kappa shape index (κ2) is 15.0. The van der Waals surface area contributed by atoms with Crippen LogP contribution in [-0.4, -0.2) is 39.6 Å². The Morgan fingerprint density at radius 3 is 1.97 bits per heavy atom. The molecule has 0 amide bonds. The lowest BCUT2D eigenvalue weighted by Crippen LogP contribution is -2.43. The largest absolute Gasteiger partial charge is 0.466 e. The summed E-state index contributed by atoms with van der Waals surface area (Å²) in [4.78, 5) is 24.8. The van der Waals surface area contributed by atoms with Gasteiger partial charge in [-0.25, -0.2) is 8.42 Å². The standard InChI is InChI=1S/C23H37NO6S/c1-4-6-8-10-16-29-22(25)18-21(23(26)30-17-11-9-7-5-2)24-31(27,28)20-14-12-19(3)13-15-20/h12-15,21,24H,4-11,16-18H2,1-3H3. The van der Waals surface area contributed by atoms with Crippen molar-refractivity contribution in [3.8, 4) is 0 Å². The van der Waals surface area contributed by atoms with Crippen LogP contribution in [0.3, 0.4) is 0 Å². The van der Waals surface area contributed by atoms with E-state index in [9.17, 15) is 18.0 Å². The first-order valence-electron chi connectivity index (χ1n) is 11.2. The highest BCUT2D eigenvalue weighted by Crippen LogP contribution is 2.13. The van der Waals surface area contributed by atoms with E-state index in [0.29, 0.717) is 6.42 Å². The van der Waals surface area contributed by atoms with Crippen LogP contribution < -0.4 is 4.72 Å². The molecule has 176 valence electrons.